The molecule has 7 nitrogen and oxygen atoms in total. The first-order valence-electron chi connectivity index (χ1n) is 7.91. The SMILES string of the molecule is NC(=O)C1Cc2ccccc2N(CC(=O)NCc2ccccn2)C1=O. The van der Waals surface area contributed by atoms with Gasteiger partial charge in [0.1, 0.15) is 12.5 Å². The Morgan fingerprint density at radius 1 is 1.20 bits per heavy atom. The van der Waals surface area contributed by atoms with Crippen LogP contribution >= 0.6 is 0 Å². The summed E-state index contributed by atoms with van der Waals surface area (Å²) in [4.78, 5) is 41.9. The van der Waals surface area contributed by atoms with Crippen LogP contribution in [-0.2, 0) is 27.3 Å². The summed E-state index contributed by atoms with van der Waals surface area (Å²) in [5, 5.41) is 2.73. The first-order chi connectivity index (χ1) is 12.1. The highest BCUT2D eigenvalue weighted by atomic mass is 16.2. The van der Waals surface area contributed by atoms with Gasteiger partial charge in [-0.25, -0.2) is 0 Å². The molecule has 0 saturated carbocycles. The van der Waals surface area contributed by atoms with Crippen molar-refractivity contribution < 1.29 is 14.4 Å². The number of benzene rings is 1. The molecule has 1 aromatic carbocycles. The predicted molar refractivity (Wildman–Crippen MR) is 91.3 cm³/mol. The molecule has 0 aliphatic carbocycles. The summed E-state index contributed by atoms with van der Waals surface area (Å²) in [6, 6.07) is 12.6. The number of nitrogens with two attached hydrogens (primary N) is 1. The van der Waals surface area contributed by atoms with Crippen LogP contribution in [0.25, 0.3) is 0 Å². The molecule has 0 fully saturated rings. The van der Waals surface area contributed by atoms with Crippen LogP contribution in [0, 0.1) is 5.92 Å². The number of aromatic nitrogens is 1. The summed E-state index contributed by atoms with van der Waals surface area (Å²) in [7, 11) is 0. The second kappa shape index (κ2) is 7.12. The van der Waals surface area contributed by atoms with Gasteiger partial charge in [-0.1, -0.05) is 24.3 Å². The Kier molecular flexibility index (Phi) is 4.74. The minimum Gasteiger partial charge on any atom is -0.369 e. The zero-order chi connectivity index (χ0) is 17.8. The summed E-state index contributed by atoms with van der Waals surface area (Å²) in [5.41, 5.74) is 7.53. The highest BCUT2D eigenvalue weighted by molar-refractivity contribution is 6.11. The van der Waals surface area contributed by atoms with Crippen molar-refractivity contribution in [3.63, 3.8) is 0 Å². The van der Waals surface area contributed by atoms with E-state index in [-0.39, 0.29) is 25.4 Å². The molecular formula is C18H18N4O3. The molecule has 1 atom stereocenters. The maximum Gasteiger partial charge on any atom is 0.240 e. The van der Waals surface area contributed by atoms with Crippen molar-refractivity contribution in [1.82, 2.24) is 10.3 Å². The predicted octanol–water partition coefficient (Wildman–Crippen LogP) is 0.389. The molecule has 0 saturated heterocycles. The fourth-order valence-corrected chi connectivity index (χ4v) is 2.84. The number of hydrogen-bond donors (Lipinski definition) is 2. The van der Waals surface area contributed by atoms with Gasteiger partial charge < -0.3 is 16.0 Å². The van der Waals surface area contributed by atoms with Gasteiger partial charge in [0, 0.05) is 11.9 Å². The molecule has 2 heterocycles. The van der Waals surface area contributed by atoms with Crippen LogP contribution in [-0.4, -0.2) is 29.3 Å². The number of pyridine rings is 1. The highest BCUT2D eigenvalue weighted by Gasteiger charge is 2.36. The van der Waals surface area contributed by atoms with Gasteiger partial charge in [0.2, 0.25) is 17.7 Å². The quantitative estimate of drug-likeness (QED) is 0.769. The first-order valence-corrected chi connectivity index (χ1v) is 7.91. The standard InChI is InChI=1S/C18H18N4O3/c19-17(24)14-9-12-5-1-2-7-15(12)22(18(14)25)11-16(23)21-10-13-6-3-4-8-20-13/h1-8,14H,9-11H2,(H2,19,24)(H,21,23). The first kappa shape index (κ1) is 16.6. The smallest absolute Gasteiger partial charge is 0.240 e. The van der Waals surface area contributed by atoms with Crippen molar-refractivity contribution in [2.45, 2.75) is 13.0 Å². The largest absolute Gasteiger partial charge is 0.369 e. The van der Waals surface area contributed by atoms with E-state index in [4.69, 9.17) is 5.73 Å². The van der Waals surface area contributed by atoms with Crippen LogP contribution in [0.3, 0.4) is 0 Å². The number of rotatable bonds is 5. The average molecular weight is 338 g/mol. The third-order valence-electron chi connectivity index (χ3n) is 4.11. The third kappa shape index (κ3) is 3.65. The second-order valence-corrected chi connectivity index (χ2v) is 5.81. The summed E-state index contributed by atoms with van der Waals surface area (Å²) >= 11 is 0. The number of carbonyl (C=O) groups excluding carboxylic acids is 3. The molecule has 0 radical (unpaired) electrons. The normalized spacial score (nSPS) is 16.2. The van der Waals surface area contributed by atoms with Crippen molar-refractivity contribution in [3.8, 4) is 0 Å². The van der Waals surface area contributed by atoms with Crippen molar-refractivity contribution >= 4 is 23.4 Å². The second-order valence-electron chi connectivity index (χ2n) is 5.81. The maximum atomic E-state index is 12.6. The minimum absolute atomic E-state index is 0.174. The lowest BCUT2D eigenvalue weighted by atomic mass is 9.91. The van der Waals surface area contributed by atoms with E-state index in [2.05, 4.69) is 10.3 Å². The molecule has 1 aliphatic heterocycles. The van der Waals surface area contributed by atoms with Gasteiger partial charge in [0.15, 0.2) is 0 Å². The van der Waals surface area contributed by atoms with E-state index in [1.54, 1.807) is 30.5 Å². The number of amides is 3. The Balaban J connectivity index is 1.74. The Bertz CT molecular complexity index is 807. The van der Waals surface area contributed by atoms with Gasteiger partial charge in [0.25, 0.3) is 0 Å². The van der Waals surface area contributed by atoms with Gasteiger partial charge >= 0.3 is 0 Å². The summed E-state index contributed by atoms with van der Waals surface area (Å²) in [5.74, 6) is -2.41. The monoisotopic (exact) mass is 338 g/mol. The number of primary amides is 1. The third-order valence-corrected chi connectivity index (χ3v) is 4.11. The molecule has 3 rings (SSSR count). The molecule has 0 bridgehead atoms. The molecule has 25 heavy (non-hydrogen) atoms. The van der Waals surface area contributed by atoms with Gasteiger partial charge in [-0.3, -0.25) is 19.4 Å². The van der Waals surface area contributed by atoms with E-state index in [9.17, 15) is 14.4 Å². The Labute approximate surface area is 144 Å². The molecule has 1 aromatic heterocycles. The van der Waals surface area contributed by atoms with Crippen LogP contribution in [0.5, 0.6) is 0 Å². The van der Waals surface area contributed by atoms with Crippen molar-refractivity contribution in [1.29, 1.82) is 0 Å². The van der Waals surface area contributed by atoms with Crippen LogP contribution < -0.4 is 16.0 Å². The number of carbonyl (C=O) groups is 3. The number of hydrogen-bond acceptors (Lipinski definition) is 4. The minimum atomic E-state index is -0.946. The lowest BCUT2D eigenvalue weighted by Gasteiger charge is -2.32. The van der Waals surface area contributed by atoms with Crippen molar-refractivity contribution in [2.24, 2.45) is 11.7 Å². The van der Waals surface area contributed by atoms with Crippen LogP contribution in [0.4, 0.5) is 5.69 Å². The molecule has 3 amide bonds. The summed E-state index contributed by atoms with van der Waals surface area (Å²) in [6.45, 7) is 0.0923. The van der Waals surface area contributed by atoms with Crippen molar-refractivity contribution in [2.75, 3.05) is 11.4 Å². The van der Waals surface area contributed by atoms with E-state index in [1.165, 1.54) is 4.90 Å². The van der Waals surface area contributed by atoms with Crippen molar-refractivity contribution in [3.05, 3.63) is 59.9 Å². The Hall–Kier alpha value is -3.22. The number of nitrogens with zero attached hydrogens (tertiary/aromatic N) is 2. The lowest BCUT2D eigenvalue weighted by molar-refractivity contribution is -0.133. The van der Waals surface area contributed by atoms with E-state index in [1.807, 2.05) is 18.2 Å². The number of anilines is 1. The van der Waals surface area contributed by atoms with Crippen LogP contribution in [0.2, 0.25) is 0 Å². The molecule has 3 N–H and O–H groups in total. The lowest BCUT2D eigenvalue weighted by Crippen LogP contribution is -2.50. The molecular weight excluding hydrogens is 320 g/mol. The zero-order valence-electron chi connectivity index (χ0n) is 13.5. The van der Waals surface area contributed by atoms with E-state index >= 15 is 0 Å². The highest BCUT2D eigenvalue weighted by Crippen LogP contribution is 2.30. The molecule has 1 aliphatic rings. The molecule has 1 unspecified atom stereocenters. The molecule has 128 valence electrons. The number of fused-ring (bicyclic) bond motifs is 1. The van der Waals surface area contributed by atoms with E-state index < -0.39 is 17.7 Å². The van der Waals surface area contributed by atoms with Crippen LogP contribution in [0.1, 0.15) is 11.3 Å². The van der Waals surface area contributed by atoms with Gasteiger partial charge in [-0.05, 0) is 30.2 Å². The maximum absolute atomic E-state index is 12.6. The molecule has 2 aromatic rings. The topological polar surface area (TPSA) is 105 Å². The van der Waals surface area contributed by atoms with E-state index in [0.717, 1.165) is 11.3 Å². The van der Waals surface area contributed by atoms with E-state index in [0.29, 0.717) is 5.69 Å². The van der Waals surface area contributed by atoms with Gasteiger partial charge in [0.05, 0.1) is 12.2 Å². The fraction of sp³-hybridized carbons (Fsp3) is 0.222. The zero-order valence-corrected chi connectivity index (χ0v) is 13.5. The fourth-order valence-electron chi connectivity index (χ4n) is 2.84. The Morgan fingerprint density at radius 3 is 2.68 bits per heavy atom. The molecule has 0 spiro atoms. The summed E-state index contributed by atoms with van der Waals surface area (Å²) in [6.07, 6.45) is 1.90. The Morgan fingerprint density at radius 2 is 1.96 bits per heavy atom. The van der Waals surface area contributed by atoms with Gasteiger partial charge in [-0.2, -0.15) is 0 Å². The number of para-hydroxylation sites is 1. The molecule has 7 heteroatoms. The van der Waals surface area contributed by atoms with Gasteiger partial charge in [-0.15, -0.1) is 0 Å². The average Bonchev–Trinajstić information content (AvgIpc) is 2.62. The van der Waals surface area contributed by atoms with Crippen LogP contribution in [0.15, 0.2) is 48.7 Å². The number of nitrogens with one attached hydrogen (secondary N) is 1. The summed E-state index contributed by atoms with van der Waals surface area (Å²) < 4.78 is 0.